The maximum atomic E-state index is 14.6. The average molecular weight is 639 g/mol. The summed E-state index contributed by atoms with van der Waals surface area (Å²) in [5, 5.41) is 9.36. The molecule has 45 heavy (non-hydrogen) atoms. The number of benzene rings is 1. The first kappa shape index (κ1) is 32.1. The number of likely N-dealkylation sites (tertiary alicyclic amines) is 1. The summed E-state index contributed by atoms with van der Waals surface area (Å²) in [6, 6.07) is 6.83. The molecule has 1 N–H and O–H groups in total. The SMILES string of the molecule is CCOc1ccc(N2CC=C[C@@]3(C)S[C@]45C=CCN(CCN6CCOCC6)C(=O)C4N(CCCCCO)C(=O)[C@@H]5[C@H]3C2=O)cc1. The van der Waals surface area contributed by atoms with Crippen LogP contribution in [-0.2, 0) is 19.1 Å². The second kappa shape index (κ2) is 13.5. The summed E-state index contributed by atoms with van der Waals surface area (Å²) in [6.45, 7) is 10.4. The smallest absolute Gasteiger partial charge is 0.247 e. The lowest BCUT2D eigenvalue weighted by Gasteiger charge is -2.37. The minimum absolute atomic E-state index is 0.0429. The Morgan fingerprint density at radius 3 is 2.40 bits per heavy atom. The number of ether oxygens (including phenoxy) is 2. The van der Waals surface area contributed by atoms with Gasteiger partial charge in [0.1, 0.15) is 11.8 Å². The molecule has 5 heterocycles. The Morgan fingerprint density at radius 1 is 0.911 bits per heavy atom. The van der Waals surface area contributed by atoms with Gasteiger partial charge < -0.3 is 29.3 Å². The summed E-state index contributed by atoms with van der Waals surface area (Å²) >= 11 is 1.62. The zero-order valence-electron chi connectivity index (χ0n) is 26.4. The number of nitrogens with zero attached hydrogens (tertiary/aromatic N) is 4. The number of fused-ring (bicyclic) bond motifs is 2. The van der Waals surface area contributed by atoms with Gasteiger partial charge in [0.05, 0.1) is 36.4 Å². The topological polar surface area (TPSA) is 103 Å². The second-order valence-corrected chi connectivity index (χ2v) is 14.5. The third-order valence-electron chi connectivity index (χ3n) is 9.95. The van der Waals surface area contributed by atoms with E-state index in [4.69, 9.17) is 9.47 Å². The highest BCUT2D eigenvalue weighted by atomic mass is 32.2. The fraction of sp³-hybridized carbons (Fsp3) is 0.618. The van der Waals surface area contributed by atoms with Gasteiger partial charge in [0.25, 0.3) is 0 Å². The lowest BCUT2D eigenvalue weighted by atomic mass is 9.74. The van der Waals surface area contributed by atoms with Crippen molar-refractivity contribution < 1.29 is 29.0 Å². The van der Waals surface area contributed by atoms with Gasteiger partial charge in [-0.05, 0) is 57.4 Å². The standard InChI is InChI=1S/C34H46N4O6S/c1-3-44-26-11-9-25(10-12-26)37-17-7-13-33(2)27(30(37)40)28-31(41)38(16-5-4-6-22-39)29-32(42)36(15-8-14-34(28,29)45-33)19-18-35-20-23-43-24-21-35/h7-14,27-29,39H,3-6,15-24H2,1-2H3/t27-,28-,29?,33+,34-/m0/s1. The number of carbonyl (C=O) groups is 3. The Hall–Kier alpha value is -2.86. The van der Waals surface area contributed by atoms with Crippen molar-refractivity contribution in [2.45, 2.75) is 48.6 Å². The monoisotopic (exact) mass is 638 g/mol. The van der Waals surface area contributed by atoms with Crippen LogP contribution in [0.2, 0.25) is 0 Å². The van der Waals surface area contributed by atoms with Gasteiger partial charge in [-0.2, -0.15) is 0 Å². The van der Waals surface area contributed by atoms with Gasteiger partial charge in [-0.15, -0.1) is 11.8 Å². The molecule has 1 aromatic rings. The first-order valence-electron chi connectivity index (χ1n) is 16.4. The molecule has 5 atom stereocenters. The van der Waals surface area contributed by atoms with E-state index < -0.39 is 27.4 Å². The van der Waals surface area contributed by atoms with Crippen LogP contribution in [0.1, 0.15) is 33.1 Å². The summed E-state index contributed by atoms with van der Waals surface area (Å²) in [5.74, 6) is -0.820. The van der Waals surface area contributed by atoms with E-state index in [0.29, 0.717) is 58.8 Å². The van der Waals surface area contributed by atoms with Gasteiger partial charge >= 0.3 is 0 Å². The molecule has 5 aliphatic rings. The van der Waals surface area contributed by atoms with E-state index in [1.54, 1.807) is 21.6 Å². The van der Waals surface area contributed by atoms with E-state index in [0.717, 1.165) is 37.5 Å². The van der Waals surface area contributed by atoms with Crippen LogP contribution in [0.4, 0.5) is 5.69 Å². The lowest BCUT2D eigenvalue weighted by Crippen LogP contribution is -2.54. The van der Waals surface area contributed by atoms with Gasteiger partial charge in [0.15, 0.2) is 0 Å². The van der Waals surface area contributed by atoms with E-state index in [9.17, 15) is 19.5 Å². The number of rotatable bonds is 11. The van der Waals surface area contributed by atoms with E-state index in [2.05, 4.69) is 24.0 Å². The van der Waals surface area contributed by atoms with E-state index in [1.165, 1.54) is 0 Å². The maximum absolute atomic E-state index is 14.6. The van der Waals surface area contributed by atoms with Crippen LogP contribution in [0.15, 0.2) is 48.6 Å². The van der Waals surface area contributed by atoms with Crippen molar-refractivity contribution in [1.82, 2.24) is 14.7 Å². The van der Waals surface area contributed by atoms with Crippen LogP contribution in [0, 0.1) is 11.8 Å². The average Bonchev–Trinajstić information content (AvgIpc) is 3.31. The molecule has 244 valence electrons. The highest BCUT2D eigenvalue weighted by Crippen LogP contribution is 2.65. The number of morpholine rings is 1. The Bertz CT molecular complexity index is 1320. The molecule has 1 spiro atoms. The lowest BCUT2D eigenvalue weighted by molar-refractivity contribution is -0.143. The highest BCUT2D eigenvalue weighted by Gasteiger charge is 2.73. The van der Waals surface area contributed by atoms with Crippen molar-refractivity contribution in [2.75, 3.05) is 77.1 Å². The largest absolute Gasteiger partial charge is 0.494 e. The molecule has 3 amide bonds. The highest BCUT2D eigenvalue weighted by molar-refractivity contribution is 8.02. The number of hydrogen-bond acceptors (Lipinski definition) is 8. The van der Waals surface area contributed by atoms with Crippen LogP contribution in [0.5, 0.6) is 5.75 Å². The van der Waals surface area contributed by atoms with Crippen LogP contribution >= 0.6 is 11.8 Å². The Kier molecular flexibility index (Phi) is 9.61. The Balaban J connectivity index is 1.33. The molecular formula is C34H46N4O6S. The van der Waals surface area contributed by atoms with Crippen LogP contribution in [-0.4, -0.2) is 125 Å². The molecule has 0 saturated carbocycles. The number of hydrogen-bond donors (Lipinski definition) is 1. The third-order valence-corrected chi connectivity index (χ3v) is 11.7. The fourth-order valence-electron chi connectivity index (χ4n) is 7.79. The van der Waals surface area contributed by atoms with Crippen molar-refractivity contribution in [3.05, 3.63) is 48.6 Å². The quantitative estimate of drug-likeness (QED) is 0.292. The molecule has 0 aliphatic carbocycles. The fourth-order valence-corrected chi connectivity index (χ4v) is 9.95. The van der Waals surface area contributed by atoms with Crippen molar-refractivity contribution in [1.29, 1.82) is 0 Å². The number of aliphatic hydroxyl groups excluding tert-OH is 1. The van der Waals surface area contributed by atoms with Gasteiger partial charge in [0, 0.05) is 62.9 Å². The van der Waals surface area contributed by atoms with E-state index >= 15 is 0 Å². The number of thioether (sulfide) groups is 1. The van der Waals surface area contributed by atoms with E-state index in [-0.39, 0.29) is 24.3 Å². The first-order valence-corrected chi connectivity index (χ1v) is 17.2. The zero-order valence-corrected chi connectivity index (χ0v) is 27.3. The Labute approximate surface area is 270 Å². The maximum Gasteiger partial charge on any atom is 0.247 e. The zero-order chi connectivity index (χ0) is 31.6. The molecule has 1 unspecified atom stereocenters. The molecule has 6 rings (SSSR count). The van der Waals surface area contributed by atoms with Crippen molar-refractivity contribution in [3.8, 4) is 5.75 Å². The number of carbonyl (C=O) groups excluding carboxylic acids is 3. The van der Waals surface area contributed by atoms with E-state index in [1.807, 2.05) is 48.2 Å². The summed E-state index contributed by atoms with van der Waals surface area (Å²) < 4.78 is 9.60. The molecule has 0 aromatic heterocycles. The molecule has 0 bridgehead atoms. The molecule has 10 nitrogen and oxygen atoms in total. The number of aliphatic hydroxyl groups is 1. The molecule has 11 heteroatoms. The molecular weight excluding hydrogens is 592 g/mol. The minimum Gasteiger partial charge on any atom is -0.494 e. The summed E-state index contributed by atoms with van der Waals surface area (Å²) in [5.41, 5.74) is 0.757. The normalized spacial score (nSPS) is 31.6. The molecule has 0 radical (unpaired) electrons. The molecule has 1 aromatic carbocycles. The number of unbranched alkanes of at least 4 members (excludes halogenated alkanes) is 2. The summed E-state index contributed by atoms with van der Waals surface area (Å²) in [6.07, 6.45) is 10.4. The van der Waals surface area contributed by atoms with Gasteiger partial charge in [-0.25, -0.2) is 0 Å². The summed E-state index contributed by atoms with van der Waals surface area (Å²) in [7, 11) is 0. The number of amides is 3. The van der Waals surface area contributed by atoms with Gasteiger partial charge in [-0.3, -0.25) is 19.3 Å². The molecule has 3 fully saturated rings. The predicted molar refractivity (Wildman–Crippen MR) is 174 cm³/mol. The van der Waals surface area contributed by atoms with Gasteiger partial charge in [-0.1, -0.05) is 24.3 Å². The van der Waals surface area contributed by atoms with Crippen LogP contribution < -0.4 is 9.64 Å². The van der Waals surface area contributed by atoms with Crippen molar-refractivity contribution in [2.24, 2.45) is 11.8 Å². The van der Waals surface area contributed by atoms with Crippen LogP contribution in [0.3, 0.4) is 0 Å². The van der Waals surface area contributed by atoms with Crippen LogP contribution in [0.25, 0.3) is 0 Å². The third kappa shape index (κ3) is 5.92. The second-order valence-electron chi connectivity index (χ2n) is 12.7. The minimum atomic E-state index is -0.861. The molecule has 5 aliphatic heterocycles. The molecule has 3 saturated heterocycles. The number of anilines is 1. The first-order chi connectivity index (χ1) is 21.8. The predicted octanol–water partition coefficient (Wildman–Crippen LogP) is 2.57. The van der Waals surface area contributed by atoms with Gasteiger partial charge in [0.2, 0.25) is 17.7 Å². The Morgan fingerprint density at radius 2 is 1.67 bits per heavy atom. The van der Waals surface area contributed by atoms with Crippen molar-refractivity contribution in [3.63, 3.8) is 0 Å². The summed E-state index contributed by atoms with van der Waals surface area (Å²) in [4.78, 5) is 51.6. The van der Waals surface area contributed by atoms with Crippen molar-refractivity contribution >= 4 is 35.2 Å².